The Kier molecular flexibility index (Phi) is 4.39. The van der Waals surface area contributed by atoms with Gasteiger partial charge in [-0.15, -0.1) is 0 Å². The van der Waals surface area contributed by atoms with Crippen molar-refractivity contribution in [1.82, 2.24) is 14.3 Å². The van der Waals surface area contributed by atoms with Crippen LogP contribution in [0.15, 0.2) is 51.0 Å². The summed E-state index contributed by atoms with van der Waals surface area (Å²) >= 11 is 0. The molecule has 1 aromatic carbocycles. The van der Waals surface area contributed by atoms with Crippen LogP contribution in [0.25, 0.3) is 0 Å². The maximum atomic E-state index is 12.5. The SMILES string of the molecule is CCN(Cc1ccccc1)S(=O)(=O)c1c[nH]c(=O)[nH]c1=O. The van der Waals surface area contributed by atoms with Crippen molar-refractivity contribution in [1.29, 1.82) is 0 Å². The third-order valence-electron chi connectivity index (χ3n) is 2.96. The van der Waals surface area contributed by atoms with Crippen LogP contribution in [-0.4, -0.2) is 29.2 Å². The number of aromatic nitrogens is 2. The first kappa shape index (κ1) is 15.2. The summed E-state index contributed by atoms with van der Waals surface area (Å²) in [5.74, 6) is 0. The number of benzene rings is 1. The molecule has 2 N–H and O–H groups in total. The molecule has 8 heteroatoms. The van der Waals surface area contributed by atoms with E-state index in [1.807, 2.05) is 23.2 Å². The van der Waals surface area contributed by atoms with Gasteiger partial charge in [0.2, 0.25) is 10.0 Å². The van der Waals surface area contributed by atoms with Gasteiger partial charge < -0.3 is 4.98 Å². The van der Waals surface area contributed by atoms with Crippen molar-refractivity contribution >= 4 is 10.0 Å². The highest BCUT2D eigenvalue weighted by molar-refractivity contribution is 7.89. The van der Waals surface area contributed by atoms with Crippen LogP contribution in [0.5, 0.6) is 0 Å². The van der Waals surface area contributed by atoms with E-state index < -0.39 is 26.2 Å². The van der Waals surface area contributed by atoms with Gasteiger partial charge in [0.1, 0.15) is 0 Å². The second-order valence-corrected chi connectivity index (χ2v) is 6.26. The van der Waals surface area contributed by atoms with Gasteiger partial charge in [-0.3, -0.25) is 9.78 Å². The fourth-order valence-corrected chi connectivity index (χ4v) is 3.31. The molecule has 0 saturated carbocycles. The quantitative estimate of drug-likeness (QED) is 0.827. The minimum absolute atomic E-state index is 0.151. The van der Waals surface area contributed by atoms with Crippen molar-refractivity contribution in [2.75, 3.05) is 6.54 Å². The number of aromatic amines is 2. The highest BCUT2D eigenvalue weighted by atomic mass is 32.2. The van der Waals surface area contributed by atoms with Gasteiger partial charge in [-0.2, -0.15) is 4.31 Å². The van der Waals surface area contributed by atoms with Crippen LogP contribution < -0.4 is 11.2 Å². The summed E-state index contributed by atoms with van der Waals surface area (Å²) in [6.07, 6.45) is 0.921. The number of rotatable bonds is 5. The minimum Gasteiger partial charge on any atom is -0.313 e. The van der Waals surface area contributed by atoms with Crippen molar-refractivity contribution in [2.24, 2.45) is 0 Å². The molecule has 0 atom stereocenters. The molecule has 21 heavy (non-hydrogen) atoms. The zero-order chi connectivity index (χ0) is 15.5. The van der Waals surface area contributed by atoms with E-state index in [0.29, 0.717) is 0 Å². The predicted molar refractivity (Wildman–Crippen MR) is 77.4 cm³/mol. The predicted octanol–water partition coefficient (Wildman–Crippen LogP) is 0.274. The molecule has 0 spiro atoms. The Labute approximate surface area is 121 Å². The molecule has 1 aromatic heterocycles. The summed E-state index contributed by atoms with van der Waals surface area (Å²) in [4.78, 5) is 26.3. The van der Waals surface area contributed by atoms with Gasteiger partial charge in [0.15, 0.2) is 4.90 Å². The van der Waals surface area contributed by atoms with Gasteiger partial charge in [0.05, 0.1) is 0 Å². The fraction of sp³-hybridized carbons (Fsp3) is 0.231. The molecular formula is C13H15N3O4S. The monoisotopic (exact) mass is 309 g/mol. The third kappa shape index (κ3) is 3.29. The second-order valence-electron chi connectivity index (χ2n) is 4.35. The number of sulfonamides is 1. The molecule has 0 fully saturated rings. The summed E-state index contributed by atoms with van der Waals surface area (Å²) in [6.45, 7) is 2.04. The standard InChI is InChI=1S/C13H15N3O4S/c1-2-16(9-10-6-4-3-5-7-10)21(19,20)11-8-14-13(18)15-12(11)17/h3-8H,2,9H2,1H3,(H2,14,15,17,18). The number of nitrogens with one attached hydrogen (secondary N) is 2. The van der Waals surface area contributed by atoms with Crippen molar-refractivity contribution in [2.45, 2.75) is 18.4 Å². The highest BCUT2D eigenvalue weighted by Crippen LogP contribution is 2.14. The lowest BCUT2D eigenvalue weighted by molar-refractivity contribution is 0.422. The van der Waals surface area contributed by atoms with Crippen LogP contribution in [-0.2, 0) is 16.6 Å². The molecule has 7 nitrogen and oxygen atoms in total. The highest BCUT2D eigenvalue weighted by Gasteiger charge is 2.26. The minimum atomic E-state index is -3.98. The smallest absolute Gasteiger partial charge is 0.313 e. The van der Waals surface area contributed by atoms with Crippen molar-refractivity contribution in [3.63, 3.8) is 0 Å². The van der Waals surface area contributed by atoms with E-state index in [2.05, 4.69) is 4.98 Å². The topological polar surface area (TPSA) is 103 Å². The number of hydrogen-bond donors (Lipinski definition) is 2. The number of nitrogens with zero attached hydrogens (tertiary/aromatic N) is 1. The van der Waals surface area contributed by atoms with E-state index in [1.54, 1.807) is 19.1 Å². The lowest BCUT2D eigenvalue weighted by atomic mass is 10.2. The Balaban J connectivity index is 2.40. The number of H-pyrrole nitrogens is 2. The first-order valence-electron chi connectivity index (χ1n) is 6.31. The Morgan fingerprint density at radius 3 is 2.38 bits per heavy atom. The summed E-state index contributed by atoms with van der Waals surface area (Å²) in [6, 6.07) is 9.05. The molecule has 112 valence electrons. The normalized spacial score (nSPS) is 11.7. The Bertz CT molecular complexity index is 824. The van der Waals surface area contributed by atoms with Crippen LogP contribution in [0.3, 0.4) is 0 Å². The van der Waals surface area contributed by atoms with E-state index in [0.717, 1.165) is 11.8 Å². The van der Waals surface area contributed by atoms with Gasteiger partial charge >= 0.3 is 5.69 Å². The van der Waals surface area contributed by atoms with Crippen LogP contribution >= 0.6 is 0 Å². The molecule has 0 aliphatic heterocycles. The molecule has 0 aliphatic rings. The van der Waals surface area contributed by atoms with Crippen molar-refractivity contribution in [3.8, 4) is 0 Å². The molecule has 0 bridgehead atoms. The summed E-state index contributed by atoms with van der Waals surface area (Å²) in [5.41, 5.74) is -0.862. The number of hydrogen-bond acceptors (Lipinski definition) is 4. The second kappa shape index (κ2) is 6.06. The molecule has 2 rings (SSSR count). The zero-order valence-electron chi connectivity index (χ0n) is 11.4. The van der Waals surface area contributed by atoms with E-state index in [4.69, 9.17) is 0 Å². The summed E-state index contributed by atoms with van der Waals surface area (Å²) < 4.78 is 26.1. The van der Waals surface area contributed by atoms with E-state index in [9.17, 15) is 18.0 Å². The molecular weight excluding hydrogens is 294 g/mol. The van der Waals surface area contributed by atoms with Gasteiger partial charge in [-0.25, -0.2) is 13.2 Å². The van der Waals surface area contributed by atoms with Gasteiger partial charge in [-0.1, -0.05) is 37.3 Å². The van der Waals surface area contributed by atoms with Gasteiger partial charge in [0, 0.05) is 19.3 Å². The Morgan fingerprint density at radius 2 is 1.81 bits per heavy atom. The van der Waals surface area contributed by atoms with E-state index >= 15 is 0 Å². The first-order chi connectivity index (χ1) is 9.95. The van der Waals surface area contributed by atoms with Crippen LogP contribution in [0.1, 0.15) is 12.5 Å². The Morgan fingerprint density at radius 1 is 1.14 bits per heavy atom. The average molecular weight is 309 g/mol. The fourth-order valence-electron chi connectivity index (χ4n) is 1.88. The van der Waals surface area contributed by atoms with Crippen LogP contribution in [0.2, 0.25) is 0 Å². The molecule has 2 aromatic rings. The zero-order valence-corrected chi connectivity index (χ0v) is 12.2. The lowest BCUT2D eigenvalue weighted by Gasteiger charge is -2.19. The lowest BCUT2D eigenvalue weighted by Crippen LogP contribution is -2.36. The molecule has 0 radical (unpaired) electrons. The van der Waals surface area contributed by atoms with Crippen LogP contribution in [0, 0.1) is 0 Å². The van der Waals surface area contributed by atoms with Crippen molar-refractivity contribution < 1.29 is 8.42 Å². The molecule has 0 aliphatic carbocycles. The third-order valence-corrected chi connectivity index (χ3v) is 4.88. The Hall–Kier alpha value is -2.19. The molecule has 0 unspecified atom stereocenters. The van der Waals surface area contributed by atoms with E-state index in [1.165, 1.54) is 4.31 Å². The average Bonchev–Trinajstić information content (AvgIpc) is 2.45. The van der Waals surface area contributed by atoms with Crippen LogP contribution in [0.4, 0.5) is 0 Å². The van der Waals surface area contributed by atoms with Gasteiger partial charge in [0.25, 0.3) is 5.56 Å². The largest absolute Gasteiger partial charge is 0.325 e. The van der Waals surface area contributed by atoms with Gasteiger partial charge in [-0.05, 0) is 5.56 Å². The molecule has 0 saturated heterocycles. The summed E-state index contributed by atoms with van der Waals surface area (Å²) in [5, 5.41) is 0. The van der Waals surface area contributed by atoms with Crippen molar-refractivity contribution in [3.05, 3.63) is 62.9 Å². The molecule has 0 amide bonds. The molecule has 1 heterocycles. The first-order valence-corrected chi connectivity index (χ1v) is 7.75. The van der Waals surface area contributed by atoms with E-state index in [-0.39, 0.29) is 13.1 Å². The maximum absolute atomic E-state index is 12.5. The summed E-state index contributed by atoms with van der Waals surface area (Å²) in [7, 11) is -3.98. The maximum Gasteiger partial charge on any atom is 0.325 e.